The number of nitrogens with one attached hydrogen (secondary N) is 2. The number of nitrogens with zero attached hydrogens (tertiary/aromatic N) is 4. The van der Waals surface area contributed by atoms with Gasteiger partial charge in [0.2, 0.25) is 0 Å². The molecule has 0 radical (unpaired) electrons. The smallest absolute Gasteiger partial charge is 0.258 e. The van der Waals surface area contributed by atoms with E-state index in [2.05, 4.69) is 25.7 Å². The van der Waals surface area contributed by atoms with Gasteiger partial charge in [0.15, 0.2) is 11.0 Å². The highest BCUT2D eigenvalue weighted by Gasteiger charge is 2.16. The standard InChI is InChI=1S/C18H17ClN6O2.ClH/c19-16-17(22-6-5-21-16)25-11-13(9-23-25)18(26)24-14-3-1-12(2-4-14)15-10-20-7-8-27-15;/h1-6,9,11,15,20H,7-8,10H2,(H,24,26);1H. The molecule has 0 saturated carbocycles. The highest BCUT2D eigenvalue weighted by atomic mass is 35.5. The first-order valence-electron chi connectivity index (χ1n) is 8.46. The van der Waals surface area contributed by atoms with Crippen LogP contribution < -0.4 is 10.6 Å². The fraction of sp³-hybridized carbons (Fsp3) is 0.222. The second-order valence-corrected chi connectivity index (χ2v) is 6.34. The van der Waals surface area contributed by atoms with Crippen LogP contribution in [0.15, 0.2) is 49.1 Å². The van der Waals surface area contributed by atoms with Crippen LogP contribution in [0.5, 0.6) is 0 Å². The molecule has 2 aromatic heterocycles. The van der Waals surface area contributed by atoms with Gasteiger partial charge >= 0.3 is 0 Å². The number of aromatic nitrogens is 4. The summed E-state index contributed by atoms with van der Waals surface area (Å²) in [7, 11) is 0. The van der Waals surface area contributed by atoms with Crippen LogP contribution in [0.4, 0.5) is 5.69 Å². The van der Waals surface area contributed by atoms with Gasteiger partial charge in [0.05, 0.1) is 24.5 Å². The van der Waals surface area contributed by atoms with Gasteiger partial charge in [0, 0.05) is 37.4 Å². The minimum Gasteiger partial charge on any atom is -0.371 e. The van der Waals surface area contributed by atoms with Crippen LogP contribution in [0.3, 0.4) is 0 Å². The number of hydrogen-bond acceptors (Lipinski definition) is 6. The maximum Gasteiger partial charge on any atom is 0.258 e. The lowest BCUT2D eigenvalue weighted by Crippen LogP contribution is -2.33. The molecule has 1 atom stereocenters. The molecular formula is C18H18Cl2N6O2. The van der Waals surface area contributed by atoms with E-state index in [-0.39, 0.29) is 29.6 Å². The van der Waals surface area contributed by atoms with E-state index in [0.29, 0.717) is 23.7 Å². The fourth-order valence-electron chi connectivity index (χ4n) is 2.79. The highest BCUT2D eigenvalue weighted by molar-refractivity contribution is 6.30. The minimum absolute atomic E-state index is 0. The Balaban J connectivity index is 0.00000225. The molecule has 1 aromatic carbocycles. The van der Waals surface area contributed by atoms with Crippen molar-refractivity contribution in [1.82, 2.24) is 25.1 Å². The molecule has 1 aliphatic rings. The third kappa shape index (κ3) is 4.48. The quantitative estimate of drug-likeness (QED) is 0.673. The van der Waals surface area contributed by atoms with Crippen molar-refractivity contribution in [3.8, 4) is 5.82 Å². The van der Waals surface area contributed by atoms with Gasteiger partial charge in [0.1, 0.15) is 0 Å². The van der Waals surface area contributed by atoms with E-state index in [4.69, 9.17) is 16.3 Å². The number of ether oxygens (including phenoxy) is 1. The minimum atomic E-state index is -0.274. The largest absolute Gasteiger partial charge is 0.371 e. The lowest BCUT2D eigenvalue weighted by molar-refractivity contribution is 0.0277. The van der Waals surface area contributed by atoms with E-state index in [0.717, 1.165) is 18.7 Å². The van der Waals surface area contributed by atoms with Gasteiger partial charge in [-0.3, -0.25) is 4.79 Å². The number of carbonyl (C=O) groups excluding carboxylic acids is 1. The molecule has 2 N–H and O–H groups in total. The molecule has 8 nitrogen and oxygen atoms in total. The van der Waals surface area contributed by atoms with Crippen LogP contribution in [-0.2, 0) is 4.74 Å². The van der Waals surface area contributed by atoms with Crippen LogP contribution in [0.1, 0.15) is 22.0 Å². The Labute approximate surface area is 172 Å². The van der Waals surface area contributed by atoms with Crippen LogP contribution in [0, 0.1) is 0 Å². The fourth-order valence-corrected chi connectivity index (χ4v) is 2.98. The van der Waals surface area contributed by atoms with Crippen molar-refractivity contribution in [2.75, 3.05) is 25.0 Å². The molecule has 0 spiro atoms. The van der Waals surface area contributed by atoms with Crippen molar-refractivity contribution in [3.63, 3.8) is 0 Å². The first kappa shape index (κ1) is 20.2. The summed E-state index contributed by atoms with van der Waals surface area (Å²) in [4.78, 5) is 20.5. The van der Waals surface area contributed by atoms with Crippen molar-refractivity contribution in [1.29, 1.82) is 0 Å². The maximum absolute atomic E-state index is 12.5. The molecule has 146 valence electrons. The zero-order chi connectivity index (χ0) is 18.6. The van der Waals surface area contributed by atoms with Crippen molar-refractivity contribution < 1.29 is 9.53 Å². The summed E-state index contributed by atoms with van der Waals surface area (Å²) < 4.78 is 7.14. The summed E-state index contributed by atoms with van der Waals surface area (Å²) in [6.45, 7) is 2.36. The summed E-state index contributed by atoms with van der Waals surface area (Å²) in [6, 6.07) is 7.62. The van der Waals surface area contributed by atoms with Gasteiger partial charge in [-0.15, -0.1) is 12.4 Å². The first-order chi connectivity index (χ1) is 13.2. The summed E-state index contributed by atoms with van der Waals surface area (Å²) in [5, 5.41) is 10.5. The number of hydrogen-bond donors (Lipinski definition) is 2. The van der Waals surface area contributed by atoms with Gasteiger partial charge in [-0.25, -0.2) is 14.6 Å². The SMILES string of the molecule is Cl.O=C(Nc1ccc(C2CNCCO2)cc1)c1cnn(-c2nccnc2Cl)c1. The first-order valence-corrected chi connectivity index (χ1v) is 8.84. The van der Waals surface area contributed by atoms with Gasteiger partial charge in [0.25, 0.3) is 5.91 Å². The Hall–Kier alpha value is -2.52. The molecule has 3 heterocycles. The van der Waals surface area contributed by atoms with Crippen molar-refractivity contribution in [2.24, 2.45) is 0 Å². The average Bonchev–Trinajstić information content (AvgIpc) is 3.20. The third-order valence-electron chi connectivity index (χ3n) is 4.17. The Kier molecular flexibility index (Phi) is 6.58. The molecule has 1 unspecified atom stereocenters. The van der Waals surface area contributed by atoms with Crippen molar-refractivity contribution in [2.45, 2.75) is 6.10 Å². The van der Waals surface area contributed by atoms with E-state index >= 15 is 0 Å². The molecule has 1 fully saturated rings. The summed E-state index contributed by atoms with van der Waals surface area (Å²) in [6.07, 6.45) is 6.05. The maximum atomic E-state index is 12.5. The number of benzene rings is 1. The molecule has 4 rings (SSSR count). The van der Waals surface area contributed by atoms with Crippen molar-refractivity contribution in [3.05, 3.63) is 65.3 Å². The van der Waals surface area contributed by atoms with E-state index in [1.54, 1.807) is 6.20 Å². The average molecular weight is 421 g/mol. The number of anilines is 1. The summed E-state index contributed by atoms with van der Waals surface area (Å²) in [5.74, 6) is 0.0910. The summed E-state index contributed by atoms with van der Waals surface area (Å²) in [5.41, 5.74) is 2.16. The van der Waals surface area contributed by atoms with Gasteiger partial charge in [-0.2, -0.15) is 5.10 Å². The monoisotopic (exact) mass is 420 g/mol. The zero-order valence-corrected chi connectivity index (χ0v) is 16.3. The Morgan fingerprint density at radius 2 is 2.04 bits per heavy atom. The number of amides is 1. The van der Waals surface area contributed by atoms with Crippen LogP contribution in [-0.4, -0.2) is 45.4 Å². The lowest BCUT2D eigenvalue weighted by Gasteiger charge is -2.24. The highest BCUT2D eigenvalue weighted by Crippen LogP contribution is 2.21. The molecule has 0 aliphatic carbocycles. The Morgan fingerprint density at radius 1 is 1.25 bits per heavy atom. The van der Waals surface area contributed by atoms with Crippen LogP contribution in [0.25, 0.3) is 5.82 Å². The Bertz CT molecular complexity index is 941. The van der Waals surface area contributed by atoms with E-state index in [1.807, 2.05) is 24.3 Å². The lowest BCUT2D eigenvalue weighted by atomic mass is 10.1. The second-order valence-electron chi connectivity index (χ2n) is 5.98. The van der Waals surface area contributed by atoms with Crippen LogP contribution in [0.2, 0.25) is 5.15 Å². The zero-order valence-electron chi connectivity index (χ0n) is 14.7. The molecule has 1 amide bonds. The van der Waals surface area contributed by atoms with Gasteiger partial charge in [-0.1, -0.05) is 23.7 Å². The molecule has 10 heteroatoms. The number of halogens is 2. The molecular weight excluding hydrogens is 403 g/mol. The molecule has 3 aromatic rings. The van der Waals surface area contributed by atoms with Crippen molar-refractivity contribution >= 4 is 35.6 Å². The number of morpholine rings is 1. The van der Waals surface area contributed by atoms with Crippen LogP contribution >= 0.6 is 24.0 Å². The number of rotatable bonds is 4. The number of carbonyl (C=O) groups is 1. The van der Waals surface area contributed by atoms with Gasteiger partial charge < -0.3 is 15.4 Å². The predicted molar refractivity (Wildman–Crippen MR) is 107 cm³/mol. The van der Waals surface area contributed by atoms with Gasteiger partial charge in [-0.05, 0) is 17.7 Å². The molecule has 0 bridgehead atoms. The predicted octanol–water partition coefficient (Wildman–Crippen LogP) is 2.65. The third-order valence-corrected chi connectivity index (χ3v) is 4.43. The normalized spacial score (nSPS) is 16.2. The second kappa shape index (κ2) is 9.11. The van der Waals surface area contributed by atoms with E-state index < -0.39 is 0 Å². The van der Waals surface area contributed by atoms with E-state index in [1.165, 1.54) is 23.3 Å². The molecule has 1 saturated heterocycles. The Morgan fingerprint density at radius 3 is 2.75 bits per heavy atom. The topological polar surface area (TPSA) is 94.0 Å². The molecule has 1 aliphatic heterocycles. The summed E-state index contributed by atoms with van der Waals surface area (Å²) >= 11 is 6.01. The van der Waals surface area contributed by atoms with E-state index in [9.17, 15) is 4.79 Å². The molecule has 28 heavy (non-hydrogen) atoms.